The normalized spacial score (nSPS) is 20.0. The number of benzene rings is 1. The van der Waals surface area contributed by atoms with Crippen LogP contribution in [-0.4, -0.2) is 37.0 Å². The maximum absolute atomic E-state index is 6.23. The zero-order valence-corrected chi connectivity index (χ0v) is 17.1. The van der Waals surface area contributed by atoms with E-state index in [0.717, 1.165) is 19.0 Å². The first-order chi connectivity index (χ1) is 11.2. The average molecular weight is 442 g/mol. The lowest BCUT2D eigenvalue weighted by atomic mass is 10.00. The van der Waals surface area contributed by atoms with E-state index in [2.05, 4.69) is 41.0 Å². The molecular formula is C19H31IN4. The van der Waals surface area contributed by atoms with Gasteiger partial charge in [-0.1, -0.05) is 25.1 Å². The zero-order valence-electron chi connectivity index (χ0n) is 14.8. The molecule has 2 N–H and O–H groups in total. The highest BCUT2D eigenvalue weighted by Crippen LogP contribution is 2.25. The molecule has 3 rings (SSSR count). The summed E-state index contributed by atoms with van der Waals surface area (Å²) < 4.78 is 0. The molecule has 2 aliphatic heterocycles. The van der Waals surface area contributed by atoms with Gasteiger partial charge in [-0.15, -0.1) is 24.0 Å². The van der Waals surface area contributed by atoms with Crippen LogP contribution in [0.1, 0.15) is 44.6 Å². The summed E-state index contributed by atoms with van der Waals surface area (Å²) in [5.41, 5.74) is 8.87. The first-order valence-corrected chi connectivity index (χ1v) is 9.12. The highest BCUT2D eigenvalue weighted by molar-refractivity contribution is 14.0. The van der Waals surface area contributed by atoms with Crippen LogP contribution in [-0.2, 0) is 6.54 Å². The number of likely N-dealkylation sites (tertiary alicyclic amines) is 1. The second-order valence-electron chi connectivity index (χ2n) is 7.02. The first-order valence-electron chi connectivity index (χ1n) is 9.12. The van der Waals surface area contributed by atoms with Crippen LogP contribution in [0.25, 0.3) is 0 Å². The van der Waals surface area contributed by atoms with Crippen molar-refractivity contribution in [3.63, 3.8) is 0 Å². The molecule has 4 nitrogen and oxygen atoms in total. The molecular weight excluding hydrogens is 411 g/mol. The lowest BCUT2D eigenvalue weighted by Gasteiger charge is -2.31. The van der Waals surface area contributed by atoms with E-state index in [1.54, 1.807) is 0 Å². The van der Waals surface area contributed by atoms with Gasteiger partial charge in [-0.05, 0) is 49.7 Å². The van der Waals surface area contributed by atoms with Gasteiger partial charge in [0.05, 0.1) is 6.54 Å². The molecule has 2 heterocycles. The van der Waals surface area contributed by atoms with E-state index < -0.39 is 0 Å². The summed E-state index contributed by atoms with van der Waals surface area (Å²) in [5, 5.41) is 0. The van der Waals surface area contributed by atoms with E-state index in [-0.39, 0.29) is 24.0 Å². The van der Waals surface area contributed by atoms with Crippen LogP contribution in [0.5, 0.6) is 0 Å². The Morgan fingerprint density at radius 3 is 2.46 bits per heavy atom. The number of hydrogen-bond donors (Lipinski definition) is 1. The van der Waals surface area contributed by atoms with E-state index in [1.807, 2.05) is 0 Å². The fourth-order valence-corrected chi connectivity index (χ4v) is 3.59. The highest BCUT2D eigenvalue weighted by atomic mass is 127. The van der Waals surface area contributed by atoms with Gasteiger partial charge in [-0.3, -0.25) is 0 Å². The van der Waals surface area contributed by atoms with Gasteiger partial charge >= 0.3 is 0 Å². The SMILES string of the molecule is CC1CCN(C(N)=NCc2ccccc2N2CCCCC2)CC1.I. The van der Waals surface area contributed by atoms with Crippen LogP contribution < -0.4 is 10.6 Å². The molecule has 2 aliphatic rings. The summed E-state index contributed by atoms with van der Waals surface area (Å²) >= 11 is 0. The molecule has 0 spiro atoms. The van der Waals surface area contributed by atoms with E-state index in [9.17, 15) is 0 Å². The second-order valence-corrected chi connectivity index (χ2v) is 7.02. The van der Waals surface area contributed by atoms with Crippen LogP contribution in [0.3, 0.4) is 0 Å². The summed E-state index contributed by atoms with van der Waals surface area (Å²) in [6.45, 7) is 7.43. The molecule has 134 valence electrons. The van der Waals surface area contributed by atoms with Crippen molar-refractivity contribution in [1.29, 1.82) is 0 Å². The van der Waals surface area contributed by atoms with Crippen molar-refractivity contribution in [2.24, 2.45) is 16.6 Å². The summed E-state index contributed by atoms with van der Waals surface area (Å²) in [4.78, 5) is 9.44. The maximum Gasteiger partial charge on any atom is 0.191 e. The fraction of sp³-hybridized carbons (Fsp3) is 0.632. The minimum Gasteiger partial charge on any atom is -0.371 e. The van der Waals surface area contributed by atoms with Gasteiger partial charge in [0.1, 0.15) is 0 Å². The fourth-order valence-electron chi connectivity index (χ4n) is 3.59. The Bertz CT molecular complexity index is 532. The number of hydrogen-bond acceptors (Lipinski definition) is 2. The molecule has 0 amide bonds. The smallest absolute Gasteiger partial charge is 0.191 e. The van der Waals surface area contributed by atoms with Gasteiger partial charge in [0.25, 0.3) is 0 Å². The monoisotopic (exact) mass is 442 g/mol. The molecule has 0 atom stereocenters. The van der Waals surface area contributed by atoms with Crippen molar-refractivity contribution in [1.82, 2.24) is 4.90 Å². The molecule has 0 aromatic heterocycles. The summed E-state index contributed by atoms with van der Waals surface area (Å²) in [7, 11) is 0. The molecule has 5 heteroatoms. The molecule has 2 saturated heterocycles. The van der Waals surface area contributed by atoms with Crippen molar-refractivity contribution in [3.05, 3.63) is 29.8 Å². The number of guanidine groups is 1. The number of piperidine rings is 2. The van der Waals surface area contributed by atoms with Crippen molar-refractivity contribution in [3.8, 4) is 0 Å². The highest BCUT2D eigenvalue weighted by Gasteiger charge is 2.17. The van der Waals surface area contributed by atoms with Crippen molar-refractivity contribution >= 4 is 35.6 Å². The van der Waals surface area contributed by atoms with Crippen molar-refractivity contribution in [2.75, 3.05) is 31.1 Å². The predicted molar refractivity (Wildman–Crippen MR) is 113 cm³/mol. The lowest BCUT2D eigenvalue weighted by molar-refractivity contribution is 0.277. The Hall–Kier alpha value is -0.980. The second kappa shape index (κ2) is 9.49. The summed E-state index contributed by atoms with van der Waals surface area (Å²) in [6, 6.07) is 8.66. The number of halogens is 1. The summed E-state index contributed by atoms with van der Waals surface area (Å²) in [5.74, 6) is 1.53. The Kier molecular flexibility index (Phi) is 7.65. The van der Waals surface area contributed by atoms with Gasteiger partial charge in [-0.25, -0.2) is 4.99 Å². The Morgan fingerprint density at radius 1 is 1.08 bits per heavy atom. The molecule has 2 fully saturated rings. The van der Waals surface area contributed by atoms with E-state index >= 15 is 0 Å². The lowest BCUT2D eigenvalue weighted by Crippen LogP contribution is -2.42. The number of anilines is 1. The Labute approximate surface area is 163 Å². The standard InChI is InChI=1S/C19H30N4.HI/c1-16-9-13-23(14-10-16)19(20)21-15-17-7-3-4-8-18(17)22-11-5-2-6-12-22;/h3-4,7-8,16H,2,5-6,9-15H2,1H3,(H2,20,21);1H. The van der Waals surface area contributed by atoms with Crippen LogP contribution in [0.15, 0.2) is 29.3 Å². The van der Waals surface area contributed by atoms with Gasteiger partial charge in [0, 0.05) is 31.9 Å². The molecule has 0 saturated carbocycles. The van der Waals surface area contributed by atoms with Crippen LogP contribution in [0.4, 0.5) is 5.69 Å². The molecule has 24 heavy (non-hydrogen) atoms. The third-order valence-electron chi connectivity index (χ3n) is 5.21. The minimum absolute atomic E-state index is 0. The van der Waals surface area contributed by atoms with Crippen LogP contribution in [0.2, 0.25) is 0 Å². The van der Waals surface area contributed by atoms with Crippen molar-refractivity contribution < 1.29 is 0 Å². The molecule has 0 radical (unpaired) electrons. The average Bonchev–Trinajstić information content (AvgIpc) is 2.61. The molecule has 1 aromatic rings. The minimum atomic E-state index is 0. The Balaban J connectivity index is 0.00000208. The number of nitrogens with zero attached hydrogens (tertiary/aromatic N) is 3. The Morgan fingerprint density at radius 2 is 1.75 bits per heavy atom. The van der Waals surface area contributed by atoms with Crippen molar-refractivity contribution in [2.45, 2.75) is 45.6 Å². The van der Waals surface area contributed by atoms with Gasteiger partial charge in [0.2, 0.25) is 0 Å². The number of nitrogens with two attached hydrogens (primary N) is 1. The number of para-hydroxylation sites is 1. The van der Waals surface area contributed by atoms with Gasteiger partial charge < -0.3 is 15.5 Å². The predicted octanol–water partition coefficient (Wildman–Crippen LogP) is 3.84. The number of aliphatic imine (C=N–C) groups is 1. The van der Waals surface area contributed by atoms with Crippen LogP contribution >= 0.6 is 24.0 Å². The third kappa shape index (κ3) is 5.01. The number of rotatable bonds is 3. The van der Waals surface area contributed by atoms with E-state index in [0.29, 0.717) is 12.5 Å². The largest absolute Gasteiger partial charge is 0.371 e. The van der Waals surface area contributed by atoms with E-state index in [1.165, 1.54) is 56.4 Å². The third-order valence-corrected chi connectivity index (χ3v) is 5.21. The molecule has 0 aliphatic carbocycles. The van der Waals surface area contributed by atoms with E-state index in [4.69, 9.17) is 10.7 Å². The first kappa shape index (κ1) is 19.3. The summed E-state index contributed by atoms with van der Waals surface area (Å²) in [6.07, 6.45) is 6.40. The van der Waals surface area contributed by atoms with Crippen LogP contribution in [0, 0.1) is 5.92 Å². The topological polar surface area (TPSA) is 44.9 Å². The van der Waals surface area contributed by atoms with Gasteiger partial charge in [-0.2, -0.15) is 0 Å². The maximum atomic E-state index is 6.23. The zero-order chi connectivity index (χ0) is 16.1. The molecule has 1 aromatic carbocycles. The quantitative estimate of drug-likeness (QED) is 0.440. The molecule has 0 unspecified atom stereocenters. The molecule has 0 bridgehead atoms. The van der Waals surface area contributed by atoms with Gasteiger partial charge in [0.15, 0.2) is 5.96 Å².